The molecule has 19 heavy (non-hydrogen) atoms. The van der Waals surface area contributed by atoms with Gasteiger partial charge < -0.3 is 15.0 Å². The molecule has 0 saturated carbocycles. The van der Waals surface area contributed by atoms with Crippen molar-refractivity contribution in [2.24, 2.45) is 7.05 Å². The number of aromatic nitrogens is 2. The number of carbonyl (C=O) groups excluding carboxylic acids is 1. The summed E-state index contributed by atoms with van der Waals surface area (Å²) >= 11 is 0. The van der Waals surface area contributed by atoms with Crippen molar-refractivity contribution in [3.05, 3.63) is 53.6 Å². The molecule has 1 aliphatic carbocycles. The number of aryl methyl sites for hydroxylation is 1. The summed E-state index contributed by atoms with van der Waals surface area (Å²) in [5.74, 6) is -0.222. The van der Waals surface area contributed by atoms with Crippen LogP contribution in [0.1, 0.15) is 27.7 Å². The Morgan fingerprint density at radius 3 is 3.00 bits per heavy atom. The molecular formula is C14H15N3O2. The summed E-state index contributed by atoms with van der Waals surface area (Å²) < 4.78 is 1.66. The van der Waals surface area contributed by atoms with Crippen molar-refractivity contribution in [1.29, 1.82) is 0 Å². The molecule has 1 aliphatic rings. The molecule has 1 amide bonds. The lowest BCUT2D eigenvalue weighted by Gasteiger charge is -2.17. The Bertz CT molecular complexity index is 621. The molecule has 0 saturated heterocycles. The van der Waals surface area contributed by atoms with Crippen LogP contribution in [0.3, 0.4) is 0 Å². The average Bonchev–Trinajstić information content (AvgIpc) is 2.94. The molecule has 1 heterocycles. The van der Waals surface area contributed by atoms with Crippen molar-refractivity contribution >= 4 is 5.91 Å². The average molecular weight is 257 g/mol. The summed E-state index contributed by atoms with van der Waals surface area (Å²) in [5, 5.41) is 13.0. The van der Waals surface area contributed by atoms with Crippen LogP contribution in [0, 0.1) is 0 Å². The molecule has 1 aromatic carbocycles. The quantitative estimate of drug-likeness (QED) is 0.836. The van der Waals surface area contributed by atoms with Crippen molar-refractivity contribution in [2.45, 2.75) is 18.6 Å². The van der Waals surface area contributed by atoms with E-state index < -0.39 is 6.10 Å². The SMILES string of the molecule is Cn1cncc1C(=O)N[C@@H]1c2ccccc2C[C@@H]1O. The molecule has 5 heteroatoms. The van der Waals surface area contributed by atoms with Gasteiger partial charge in [0.1, 0.15) is 5.69 Å². The van der Waals surface area contributed by atoms with Gasteiger partial charge in [-0.05, 0) is 11.1 Å². The predicted molar refractivity (Wildman–Crippen MR) is 69.6 cm³/mol. The number of nitrogens with one attached hydrogen (secondary N) is 1. The highest BCUT2D eigenvalue weighted by atomic mass is 16.3. The fraction of sp³-hybridized carbons (Fsp3) is 0.286. The lowest BCUT2D eigenvalue weighted by Crippen LogP contribution is -2.34. The first-order valence-corrected chi connectivity index (χ1v) is 6.20. The Balaban J connectivity index is 1.84. The predicted octanol–water partition coefficient (Wildman–Crippen LogP) is 0.808. The molecule has 0 spiro atoms. The van der Waals surface area contributed by atoms with E-state index in [1.54, 1.807) is 17.9 Å². The number of amides is 1. The van der Waals surface area contributed by atoms with Crippen molar-refractivity contribution in [3.8, 4) is 0 Å². The topological polar surface area (TPSA) is 67.2 Å². The van der Waals surface area contributed by atoms with Gasteiger partial charge in [0.2, 0.25) is 0 Å². The number of hydrogen-bond donors (Lipinski definition) is 2. The van der Waals surface area contributed by atoms with E-state index in [0.717, 1.165) is 11.1 Å². The van der Waals surface area contributed by atoms with Crippen LogP contribution in [0.4, 0.5) is 0 Å². The minimum absolute atomic E-state index is 0.222. The Morgan fingerprint density at radius 2 is 2.26 bits per heavy atom. The van der Waals surface area contributed by atoms with Crippen LogP contribution in [0.15, 0.2) is 36.8 Å². The third-order valence-corrected chi connectivity index (χ3v) is 3.54. The zero-order valence-electron chi connectivity index (χ0n) is 10.6. The maximum atomic E-state index is 12.2. The van der Waals surface area contributed by atoms with Crippen LogP contribution in [0.2, 0.25) is 0 Å². The van der Waals surface area contributed by atoms with E-state index in [9.17, 15) is 9.90 Å². The van der Waals surface area contributed by atoms with E-state index in [2.05, 4.69) is 10.3 Å². The van der Waals surface area contributed by atoms with Gasteiger partial charge >= 0.3 is 0 Å². The summed E-state index contributed by atoms with van der Waals surface area (Å²) in [6.07, 6.45) is 3.10. The van der Waals surface area contributed by atoms with E-state index in [-0.39, 0.29) is 11.9 Å². The second kappa shape index (κ2) is 4.51. The zero-order chi connectivity index (χ0) is 13.4. The Labute approximate surface area is 110 Å². The smallest absolute Gasteiger partial charge is 0.270 e. The van der Waals surface area contributed by atoms with Crippen molar-refractivity contribution in [1.82, 2.24) is 14.9 Å². The van der Waals surface area contributed by atoms with E-state index in [1.807, 2.05) is 24.3 Å². The highest BCUT2D eigenvalue weighted by molar-refractivity contribution is 5.92. The minimum atomic E-state index is -0.574. The van der Waals surface area contributed by atoms with E-state index in [0.29, 0.717) is 12.1 Å². The summed E-state index contributed by atoms with van der Waals surface area (Å²) in [7, 11) is 1.76. The molecule has 0 unspecified atom stereocenters. The standard InChI is InChI=1S/C14H15N3O2/c1-17-8-15-7-11(17)14(19)16-13-10-5-3-2-4-9(10)6-12(13)18/h2-5,7-8,12-13,18H,6H2,1H3,(H,16,19)/t12-,13+/m0/s1. The number of carbonyl (C=O) groups is 1. The van der Waals surface area contributed by atoms with E-state index >= 15 is 0 Å². The molecule has 5 nitrogen and oxygen atoms in total. The number of imidazole rings is 1. The molecule has 2 atom stereocenters. The Kier molecular flexibility index (Phi) is 2.83. The number of rotatable bonds is 2. The van der Waals surface area contributed by atoms with Crippen molar-refractivity contribution in [2.75, 3.05) is 0 Å². The first-order valence-electron chi connectivity index (χ1n) is 6.20. The van der Waals surface area contributed by atoms with Crippen molar-refractivity contribution < 1.29 is 9.90 Å². The fourth-order valence-corrected chi connectivity index (χ4v) is 2.54. The van der Waals surface area contributed by atoms with E-state index in [4.69, 9.17) is 0 Å². The van der Waals surface area contributed by atoms with Gasteiger partial charge in [-0.25, -0.2) is 4.98 Å². The second-order valence-corrected chi connectivity index (χ2v) is 4.81. The number of aliphatic hydroxyl groups is 1. The van der Waals surface area contributed by atoms with Gasteiger partial charge in [0.05, 0.1) is 24.7 Å². The maximum Gasteiger partial charge on any atom is 0.270 e. The second-order valence-electron chi connectivity index (χ2n) is 4.81. The number of hydrogen-bond acceptors (Lipinski definition) is 3. The lowest BCUT2D eigenvalue weighted by atomic mass is 10.1. The van der Waals surface area contributed by atoms with Gasteiger partial charge in [-0.1, -0.05) is 24.3 Å². The van der Waals surface area contributed by atoms with Gasteiger partial charge in [0.15, 0.2) is 0 Å². The van der Waals surface area contributed by atoms with Gasteiger partial charge in [-0.3, -0.25) is 4.79 Å². The molecule has 2 N–H and O–H groups in total. The number of aliphatic hydroxyl groups excluding tert-OH is 1. The monoisotopic (exact) mass is 257 g/mol. The summed E-state index contributed by atoms with van der Waals surface area (Å²) in [4.78, 5) is 16.1. The van der Waals surface area contributed by atoms with Gasteiger partial charge in [0.25, 0.3) is 5.91 Å². The Morgan fingerprint density at radius 1 is 1.47 bits per heavy atom. The molecule has 0 fully saturated rings. The molecule has 0 radical (unpaired) electrons. The molecule has 0 bridgehead atoms. The van der Waals surface area contributed by atoms with Crippen LogP contribution in [-0.4, -0.2) is 26.7 Å². The third-order valence-electron chi connectivity index (χ3n) is 3.54. The fourth-order valence-electron chi connectivity index (χ4n) is 2.54. The molecular weight excluding hydrogens is 242 g/mol. The third kappa shape index (κ3) is 2.02. The van der Waals surface area contributed by atoms with Gasteiger partial charge in [-0.15, -0.1) is 0 Å². The summed E-state index contributed by atoms with van der Waals surface area (Å²) in [6, 6.07) is 7.43. The van der Waals surface area contributed by atoms with Crippen LogP contribution < -0.4 is 5.32 Å². The molecule has 2 aromatic rings. The first kappa shape index (κ1) is 11.9. The van der Waals surface area contributed by atoms with Crippen molar-refractivity contribution in [3.63, 3.8) is 0 Å². The number of benzene rings is 1. The molecule has 1 aromatic heterocycles. The normalized spacial score (nSPS) is 21.2. The largest absolute Gasteiger partial charge is 0.390 e. The zero-order valence-corrected chi connectivity index (χ0v) is 10.6. The van der Waals surface area contributed by atoms with Crippen LogP contribution in [-0.2, 0) is 13.5 Å². The summed E-state index contributed by atoms with van der Waals surface area (Å²) in [5.41, 5.74) is 2.56. The molecule has 98 valence electrons. The van der Waals surface area contributed by atoms with Crippen LogP contribution in [0.25, 0.3) is 0 Å². The van der Waals surface area contributed by atoms with Crippen LogP contribution in [0.5, 0.6) is 0 Å². The minimum Gasteiger partial charge on any atom is -0.390 e. The molecule has 0 aliphatic heterocycles. The lowest BCUT2D eigenvalue weighted by molar-refractivity contribution is 0.0850. The Hall–Kier alpha value is -2.14. The number of fused-ring (bicyclic) bond motifs is 1. The maximum absolute atomic E-state index is 12.2. The number of nitrogens with zero attached hydrogens (tertiary/aromatic N) is 2. The highest BCUT2D eigenvalue weighted by Crippen LogP contribution is 2.31. The van der Waals surface area contributed by atoms with Gasteiger partial charge in [-0.2, -0.15) is 0 Å². The molecule has 3 rings (SSSR count). The van der Waals surface area contributed by atoms with Gasteiger partial charge in [0, 0.05) is 13.5 Å². The summed E-state index contributed by atoms with van der Waals surface area (Å²) in [6.45, 7) is 0. The van der Waals surface area contributed by atoms with E-state index in [1.165, 1.54) is 6.20 Å². The highest BCUT2D eigenvalue weighted by Gasteiger charge is 2.32. The first-order chi connectivity index (χ1) is 9.16. The van der Waals surface area contributed by atoms with Crippen LogP contribution >= 0.6 is 0 Å².